The second-order valence-corrected chi connectivity index (χ2v) is 5.13. The number of ether oxygens (including phenoxy) is 1. The Bertz CT molecular complexity index is 540. The predicted octanol–water partition coefficient (Wildman–Crippen LogP) is 3.80. The van der Waals surface area contributed by atoms with E-state index >= 15 is 0 Å². The lowest BCUT2D eigenvalue weighted by Gasteiger charge is -2.09. The zero-order valence-electron chi connectivity index (χ0n) is 10.3. The molecule has 0 saturated carbocycles. The van der Waals surface area contributed by atoms with Gasteiger partial charge in [0.1, 0.15) is 12.4 Å². The Morgan fingerprint density at radius 3 is 2.67 bits per heavy atom. The van der Waals surface area contributed by atoms with E-state index in [-0.39, 0.29) is 0 Å². The molecule has 0 aromatic heterocycles. The lowest BCUT2D eigenvalue weighted by atomic mass is 10.1. The highest BCUT2D eigenvalue weighted by atomic mass is 79.9. The molecule has 0 spiro atoms. The maximum Gasteiger partial charge on any atom is 0.120 e. The molecule has 3 heteroatoms. The number of hydrogen-bond acceptors (Lipinski definition) is 2. The summed E-state index contributed by atoms with van der Waals surface area (Å²) in [5.41, 5.74) is 9.11. The molecule has 2 aromatic rings. The summed E-state index contributed by atoms with van der Waals surface area (Å²) in [4.78, 5) is 0. The number of rotatable bonds is 4. The van der Waals surface area contributed by atoms with Crippen molar-refractivity contribution in [3.8, 4) is 5.75 Å². The van der Waals surface area contributed by atoms with E-state index in [1.807, 2.05) is 43.3 Å². The Balaban J connectivity index is 2.04. The van der Waals surface area contributed by atoms with Crippen molar-refractivity contribution in [2.75, 3.05) is 0 Å². The summed E-state index contributed by atoms with van der Waals surface area (Å²) in [5, 5.41) is 0. The van der Waals surface area contributed by atoms with Gasteiger partial charge in [0.25, 0.3) is 0 Å². The van der Waals surface area contributed by atoms with E-state index in [0.29, 0.717) is 13.2 Å². The van der Waals surface area contributed by atoms with Gasteiger partial charge in [0.2, 0.25) is 0 Å². The van der Waals surface area contributed by atoms with Crippen molar-refractivity contribution in [3.05, 3.63) is 63.6 Å². The Morgan fingerprint density at radius 2 is 2.00 bits per heavy atom. The minimum absolute atomic E-state index is 0.567. The Kier molecular flexibility index (Phi) is 4.39. The van der Waals surface area contributed by atoms with Crippen LogP contribution >= 0.6 is 15.9 Å². The summed E-state index contributed by atoms with van der Waals surface area (Å²) in [7, 11) is 0. The van der Waals surface area contributed by atoms with Gasteiger partial charge in [0.05, 0.1) is 0 Å². The van der Waals surface area contributed by atoms with Crippen LogP contribution in [0.4, 0.5) is 0 Å². The average Bonchev–Trinajstić information content (AvgIpc) is 2.37. The highest BCUT2D eigenvalue weighted by Gasteiger charge is 2.00. The van der Waals surface area contributed by atoms with Crippen molar-refractivity contribution in [3.63, 3.8) is 0 Å². The second-order valence-electron chi connectivity index (χ2n) is 4.21. The third kappa shape index (κ3) is 3.34. The van der Waals surface area contributed by atoms with Crippen molar-refractivity contribution in [1.29, 1.82) is 0 Å². The molecule has 2 nitrogen and oxygen atoms in total. The molecule has 0 aliphatic heterocycles. The van der Waals surface area contributed by atoms with Crippen LogP contribution in [0.3, 0.4) is 0 Å². The van der Waals surface area contributed by atoms with Gasteiger partial charge in [0, 0.05) is 11.0 Å². The van der Waals surface area contributed by atoms with Gasteiger partial charge in [-0.25, -0.2) is 0 Å². The van der Waals surface area contributed by atoms with E-state index in [4.69, 9.17) is 10.5 Å². The van der Waals surface area contributed by atoms with Gasteiger partial charge >= 0.3 is 0 Å². The molecule has 2 N–H and O–H groups in total. The van der Waals surface area contributed by atoms with Crippen LogP contribution in [-0.2, 0) is 13.2 Å². The zero-order valence-corrected chi connectivity index (χ0v) is 11.9. The van der Waals surface area contributed by atoms with E-state index in [2.05, 4.69) is 22.0 Å². The molecule has 0 bridgehead atoms. The molecular formula is C15H16BrNO. The smallest absolute Gasteiger partial charge is 0.120 e. The number of halogens is 1. The lowest BCUT2D eigenvalue weighted by molar-refractivity contribution is 0.306. The highest BCUT2D eigenvalue weighted by molar-refractivity contribution is 9.10. The first-order valence-electron chi connectivity index (χ1n) is 5.86. The molecule has 0 fully saturated rings. The largest absolute Gasteiger partial charge is 0.489 e. The molecule has 0 atom stereocenters. The van der Waals surface area contributed by atoms with E-state index in [0.717, 1.165) is 21.3 Å². The molecule has 2 rings (SSSR count). The number of aryl methyl sites for hydroxylation is 1. The molecule has 0 saturated heterocycles. The summed E-state index contributed by atoms with van der Waals surface area (Å²) in [6, 6.07) is 14.1. The monoisotopic (exact) mass is 305 g/mol. The van der Waals surface area contributed by atoms with Gasteiger partial charge < -0.3 is 10.5 Å². The summed E-state index contributed by atoms with van der Waals surface area (Å²) >= 11 is 3.45. The first-order chi connectivity index (χ1) is 8.69. The van der Waals surface area contributed by atoms with Crippen molar-refractivity contribution in [1.82, 2.24) is 0 Å². The summed E-state index contributed by atoms with van der Waals surface area (Å²) < 4.78 is 6.83. The van der Waals surface area contributed by atoms with Gasteiger partial charge in [-0.05, 0) is 47.9 Å². The fourth-order valence-electron chi connectivity index (χ4n) is 1.78. The van der Waals surface area contributed by atoms with E-state index in [1.165, 1.54) is 5.56 Å². The first kappa shape index (κ1) is 13.1. The average molecular weight is 306 g/mol. The van der Waals surface area contributed by atoms with Crippen LogP contribution in [0.2, 0.25) is 0 Å². The van der Waals surface area contributed by atoms with Crippen molar-refractivity contribution < 1.29 is 4.74 Å². The van der Waals surface area contributed by atoms with Crippen LogP contribution in [0.1, 0.15) is 16.7 Å². The lowest BCUT2D eigenvalue weighted by Crippen LogP contribution is -2.00. The van der Waals surface area contributed by atoms with Crippen molar-refractivity contribution >= 4 is 15.9 Å². The fraction of sp³-hybridized carbons (Fsp3) is 0.200. The predicted molar refractivity (Wildman–Crippen MR) is 77.5 cm³/mol. The van der Waals surface area contributed by atoms with Crippen LogP contribution < -0.4 is 10.5 Å². The molecule has 18 heavy (non-hydrogen) atoms. The standard InChI is InChI=1S/C15H16BrNO/c1-11-7-15(6-5-13(11)9-17)18-10-12-3-2-4-14(16)8-12/h2-8H,9-10,17H2,1H3. The quantitative estimate of drug-likeness (QED) is 0.932. The maximum atomic E-state index is 5.77. The molecule has 0 aliphatic rings. The third-order valence-electron chi connectivity index (χ3n) is 2.83. The Labute approximate surface area is 116 Å². The fourth-order valence-corrected chi connectivity index (χ4v) is 2.23. The third-order valence-corrected chi connectivity index (χ3v) is 3.32. The molecule has 0 radical (unpaired) electrons. The highest BCUT2D eigenvalue weighted by Crippen LogP contribution is 2.19. The topological polar surface area (TPSA) is 35.2 Å². The van der Waals surface area contributed by atoms with Crippen LogP contribution in [0.5, 0.6) is 5.75 Å². The van der Waals surface area contributed by atoms with Gasteiger partial charge in [-0.3, -0.25) is 0 Å². The summed E-state index contributed by atoms with van der Waals surface area (Å²) in [6.45, 7) is 3.19. The minimum Gasteiger partial charge on any atom is -0.489 e. The first-order valence-corrected chi connectivity index (χ1v) is 6.65. The molecule has 0 amide bonds. The minimum atomic E-state index is 0.567. The van der Waals surface area contributed by atoms with Gasteiger partial charge in [-0.1, -0.05) is 34.1 Å². The van der Waals surface area contributed by atoms with Crippen molar-refractivity contribution in [2.24, 2.45) is 5.73 Å². The van der Waals surface area contributed by atoms with Gasteiger partial charge in [-0.2, -0.15) is 0 Å². The van der Waals surface area contributed by atoms with Crippen molar-refractivity contribution in [2.45, 2.75) is 20.1 Å². The Hall–Kier alpha value is -1.32. The van der Waals surface area contributed by atoms with Crippen LogP contribution in [-0.4, -0.2) is 0 Å². The van der Waals surface area contributed by atoms with E-state index < -0.39 is 0 Å². The summed E-state index contributed by atoms with van der Waals surface area (Å²) in [6.07, 6.45) is 0. The number of hydrogen-bond donors (Lipinski definition) is 1. The molecule has 0 aliphatic carbocycles. The van der Waals surface area contributed by atoms with E-state index in [9.17, 15) is 0 Å². The summed E-state index contributed by atoms with van der Waals surface area (Å²) in [5.74, 6) is 0.879. The normalized spacial score (nSPS) is 10.4. The van der Waals surface area contributed by atoms with E-state index in [1.54, 1.807) is 0 Å². The second kappa shape index (κ2) is 6.03. The Morgan fingerprint density at radius 1 is 1.17 bits per heavy atom. The van der Waals surface area contributed by atoms with Crippen LogP contribution in [0.15, 0.2) is 46.9 Å². The molecule has 0 heterocycles. The van der Waals surface area contributed by atoms with Crippen LogP contribution in [0, 0.1) is 6.92 Å². The molecule has 2 aromatic carbocycles. The van der Waals surface area contributed by atoms with Gasteiger partial charge in [-0.15, -0.1) is 0 Å². The van der Waals surface area contributed by atoms with Gasteiger partial charge in [0.15, 0.2) is 0 Å². The maximum absolute atomic E-state index is 5.77. The molecule has 0 unspecified atom stereocenters. The number of nitrogens with two attached hydrogens (primary N) is 1. The number of benzene rings is 2. The SMILES string of the molecule is Cc1cc(OCc2cccc(Br)c2)ccc1CN. The molecular weight excluding hydrogens is 290 g/mol. The molecule has 94 valence electrons. The van der Waals surface area contributed by atoms with Crippen LogP contribution in [0.25, 0.3) is 0 Å². The zero-order chi connectivity index (χ0) is 13.0.